The lowest BCUT2D eigenvalue weighted by atomic mass is 9.96. The number of carboxylic acid groups (broad SMARTS) is 1. The third-order valence-corrected chi connectivity index (χ3v) is 3.71. The summed E-state index contributed by atoms with van der Waals surface area (Å²) in [6.45, 7) is 4.25. The number of aryl methyl sites for hydroxylation is 1. The van der Waals surface area contributed by atoms with Crippen LogP contribution in [0.1, 0.15) is 48.2 Å². The second-order valence-electron chi connectivity index (χ2n) is 5.35. The van der Waals surface area contributed by atoms with Crippen LogP contribution in [0, 0.1) is 0 Å². The van der Waals surface area contributed by atoms with Gasteiger partial charge in [0.15, 0.2) is 0 Å². The number of carbonyl (C=O) groups is 1. The summed E-state index contributed by atoms with van der Waals surface area (Å²) in [5, 5.41) is 9.41. The molecule has 2 heteroatoms. The quantitative estimate of drug-likeness (QED) is 0.771. The van der Waals surface area contributed by atoms with Gasteiger partial charge in [-0.15, -0.1) is 0 Å². The first-order valence-electron chi connectivity index (χ1n) is 7.79. The van der Waals surface area contributed by atoms with E-state index in [0.29, 0.717) is 5.56 Å². The Morgan fingerprint density at radius 1 is 1.09 bits per heavy atom. The standard InChI is InChI=1S/C20H22O2/c1-3-5-6-7-16-10-13-18(20(21)22)19(14-16)17-11-8-15(4-2)9-12-17/h6-14H,3-5H2,1-2H3,(H,21,22)/b7-6+. The average molecular weight is 294 g/mol. The van der Waals surface area contributed by atoms with Crippen LogP contribution in [0.3, 0.4) is 0 Å². The van der Waals surface area contributed by atoms with E-state index in [9.17, 15) is 9.90 Å². The predicted molar refractivity (Wildman–Crippen MR) is 92.2 cm³/mol. The average Bonchev–Trinajstić information content (AvgIpc) is 2.55. The molecule has 0 aliphatic carbocycles. The number of benzene rings is 2. The Morgan fingerprint density at radius 2 is 1.82 bits per heavy atom. The molecule has 2 nitrogen and oxygen atoms in total. The Hall–Kier alpha value is -2.35. The van der Waals surface area contributed by atoms with Crippen LogP contribution in [0.2, 0.25) is 0 Å². The highest BCUT2D eigenvalue weighted by Gasteiger charge is 2.12. The highest BCUT2D eigenvalue weighted by Crippen LogP contribution is 2.26. The number of carboxylic acids is 1. The summed E-state index contributed by atoms with van der Waals surface area (Å²) in [6, 6.07) is 13.6. The van der Waals surface area contributed by atoms with Crippen molar-refractivity contribution in [1.29, 1.82) is 0 Å². The van der Waals surface area contributed by atoms with Gasteiger partial charge in [0.25, 0.3) is 0 Å². The molecule has 0 unspecified atom stereocenters. The Labute approximate surface area is 132 Å². The van der Waals surface area contributed by atoms with E-state index in [-0.39, 0.29) is 0 Å². The molecule has 2 rings (SSSR count). The minimum Gasteiger partial charge on any atom is -0.478 e. The topological polar surface area (TPSA) is 37.3 Å². The Bertz CT molecular complexity index is 667. The number of aromatic carboxylic acids is 1. The molecular weight excluding hydrogens is 272 g/mol. The van der Waals surface area contributed by atoms with Crippen LogP contribution in [0.4, 0.5) is 0 Å². The van der Waals surface area contributed by atoms with Crippen LogP contribution in [-0.2, 0) is 6.42 Å². The predicted octanol–water partition coefficient (Wildman–Crippen LogP) is 5.43. The second-order valence-corrected chi connectivity index (χ2v) is 5.35. The van der Waals surface area contributed by atoms with Crippen LogP contribution >= 0.6 is 0 Å². The third-order valence-electron chi connectivity index (χ3n) is 3.71. The number of unbranched alkanes of at least 4 members (excludes halogenated alkanes) is 1. The molecule has 0 radical (unpaired) electrons. The molecule has 0 atom stereocenters. The smallest absolute Gasteiger partial charge is 0.336 e. The summed E-state index contributed by atoms with van der Waals surface area (Å²) in [5.74, 6) is -0.890. The first-order chi connectivity index (χ1) is 10.7. The van der Waals surface area contributed by atoms with Crippen molar-refractivity contribution in [3.63, 3.8) is 0 Å². The van der Waals surface area contributed by atoms with Gasteiger partial charge in [-0.25, -0.2) is 4.79 Å². The Morgan fingerprint density at radius 3 is 2.41 bits per heavy atom. The molecule has 0 bridgehead atoms. The van der Waals surface area contributed by atoms with Gasteiger partial charge in [0, 0.05) is 0 Å². The molecule has 114 valence electrons. The van der Waals surface area contributed by atoms with Crippen molar-refractivity contribution in [2.24, 2.45) is 0 Å². The van der Waals surface area contributed by atoms with Gasteiger partial charge in [-0.1, -0.05) is 62.8 Å². The van der Waals surface area contributed by atoms with Crippen molar-refractivity contribution < 1.29 is 9.90 Å². The van der Waals surface area contributed by atoms with Crippen molar-refractivity contribution >= 4 is 12.0 Å². The number of allylic oxidation sites excluding steroid dienone is 1. The molecule has 0 aliphatic rings. The summed E-state index contributed by atoms with van der Waals surface area (Å²) < 4.78 is 0. The fraction of sp³-hybridized carbons (Fsp3) is 0.250. The number of rotatable bonds is 6. The van der Waals surface area contributed by atoms with Gasteiger partial charge in [-0.2, -0.15) is 0 Å². The lowest BCUT2D eigenvalue weighted by Crippen LogP contribution is -2.00. The van der Waals surface area contributed by atoms with Gasteiger partial charge in [0.2, 0.25) is 0 Å². The minimum absolute atomic E-state index is 0.344. The van der Waals surface area contributed by atoms with Crippen LogP contribution in [0.5, 0.6) is 0 Å². The Kier molecular flexibility index (Phi) is 5.54. The maximum absolute atomic E-state index is 11.5. The molecule has 1 N–H and O–H groups in total. The minimum atomic E-state index is -0.890. The molecule has 0 amide bonds. The zero-order valence-electron chi connectivity index (χ0n) is 13.2. The van der Waals surface area contributed by atoms with Crippen molar-refractivity contribution in [2.45, 2.75) is 33.1 Å². The monoisotopic (exact) mass is 294 g/mol. The molecule has 0 aliphatic heterocycles. The number of hydrogen-bond acceptors (Lipinski definition) is 1. The van der Waals surface area contributed by atoms with E-state index >= 15 is 0 Å². The molecule has 0 heterocycles. The van der Waals surface area contributed by atoms with E-state index in [1.807, 2.05) is 24.3 Å². The van der Waals surface area contributed by atoms with Crippen molar-refractivity contribution in [3.8, 4) is 11.1 Å². The van der Waals surface area contributed by atoms with Crippen LogP contribution < -0.4 is 0 Å². The molecule has 0 saturated carbocycles. The van der Waals surface area contributed by atoms with E-state index < -0.39 is 5.97 Å². The van der Waals surface area contributed by atoms with E-state index in [0.717, 1.165) is 36.0 Å². The van der Waals surface area contributed by atoms with Gasteiger partial charge < -0.3 is 5.11 Å². The summed E-state index contributed by atoms with van der Waals surface area (Å²) in [5.41, 5.74) is 4.35. The van der Waals surface area contributed by atoms with E-state index in [4.69, 9.17) is 0 Å². The molecule has 0 fully saturated rings. The van der Waals surface area contributed by atoms with Crippen LogP contribution in [0.25, 0.3) is 17.2 Å². The van der Waals surface area contributed by atoms with E-state index in [1.165, 1.54) is 5.56 Å². The summed E-state index contributed by atoms with van der Waals surface area (Å²) in [7, 11) is 0. The van der Waals surface area contributed by atoms with Gasteiger partial charge in [-0.3, -0.25) is 0 Å². The van der Waals surface area contributed by atoms with Crippen LogP contribution in [-0.4, -0.2) is 11.1 Å². The highest BCUT2D eigenvalue weighted by molar-refractivity contribution is 5.96. The number of hydrogen-bond donors (Lipinski definition) is 1. The summed E-state index contributed by atoms with van der Waals surface area (Å²) in [4.78, 5) is 11.5. The molecule has 2 aromatic carbocycles. The summed E-state index contributed by atoms with van der Waals surface area (Å²) in [6.07, 6.45) is 7.29. The van der Waals surface area contributed by atoms with Gasteiger partial charge in [0.05, 0.1) is 5.56 Å². The molecule has 0 saturated heterocycles. The SMILES string of the molecule is CCC/C=C/c1ccc(C(=O)O)c(-c2ccc(CC)cc2)c1. The highest BCUT2D eigenvalue weighted by atomic mass is 16.4. The van der Waals surface area contributed by atoms with Crippen molar-refractivity contribution in [2.75, 3.05) is 0 Å². The second kappa shape index (κ2) is 7.60. The van der Waals surface area contributed by atoms with Crippen molar-refractivity contribution in [1.82, 2.24) is 0 Å². The summed E-state index contributed by atoms with van der Waals surface area (Å²) >= 11 is 0. The first-order valence-corrected chi connectivity index (χ1v) is 7.79. The van der Waals surface area contributed by atoms with Crippen LogP contribution in [0.15, 0.2) is 48.5 Å². The van der Waals surface area contributed by atoms with E-state index in [2.05, 4.69) is 38.1 Å². The lowest BCUT2D eigenvalue weighted by Gasteiger charge is -2.09. The normalized spacial score (nSPS) is 11.0. The van der Waals surface area contributed by atoms with Gasteiger partial charge >= 0.3 is 5.97 Å². The molecule has 2 aromatic rings. The van der Waals surface area contributed by atoms with E-state index in [1.54, 1.807) is 6.07 Å². The zero-order chi connectivity index (χ0) is 15.9. The van der Waals surface area contributed by atoms with Crippen molar-refractivity contribution in [3.05, 3.63) is 65.2 Å². The Balaban J connectivity index is 2.44. The van der Waals surface area contributed by atoms with Gasteiger partial charge in [-0.05, 0) is 47.2 Å². The third kappa shape index (κ3) is 3.85. The van der Waals surface area contributed by atoms with Gasteiger partial charge in [0.1, 0.15) is 0 Å². The fourth-order valence-corrected chi connectivity index (χ4v) is 2.40. The first kappa shape index (κ1) is 16.0. The molecule has 0 aromatic heterocycles. The molecular formula is C20H22O2. The fourth-order valence-electron chi connectivity index (χ4n) is 2.40. The maximum Gasteiger partial charge on any atom is 0.336 e. The molecule has 22 heavy (non-hydrogen) atoms. The molecule has 0 spiro atoms. The largest absolute Gasteiger partial charge is 0.478 e. The zero-order valence-corrected chi connectivity index (χ0v) is 13.2. The maximum atomic E-state index is 11.5. The lowest BCUT2D eigenvalue weighted by molar-refractivity contribution is 0.0697.